The van der Waals surface area contributed by atoms with Crippen molar-refractivity contribution in [3.05, 3.63) is 0 Å². The van der Waals surface area contributed by atoms with E-state index in [4.69, 9.17) is 5.11 Å². The Morgan fingerprint density at radius 2 is 1.00 bits per heavy atom. The molecular formula is C19H40O. The van der Waals surface area contributed by atoms with Crippen LogP contribution in [0.2, 0.25) is 0 Å². The number of aliphatic hydroxyl groups excluding tert-OH is 1. The van der Waals surface area contributed by atoms with Crippen molar-refractivity contribution in [3.63, 3.8) is 0 Å². The Bertz CT molecular complexity index is 167. The highest BCUT2D eigenvalue weighted by atomic mass is 16.2. The second-order valence-corrected chi connectivity index (χ2v) is 6.65. The van der Waals surface area contributed by atoms with Crippen molar-refractivity contribution in [2.75, 3.05) is 6.61 Å². The van der Waals surface area contributed by atoms with E-state index in [0.717, 1.165) is 12.3 Å². The van der Waals surface area contributed by atoms with Crippen molar-refractivity contribution in [1.82, 2.24) is 0 Å². The standard InChI is InChI=1S/C19H40O/c1-3-4-5-10-13-16-19(2)17-14-11-8-6-7-9-12-15-18-20/h19-20H,3-18H2,1-2H3. The van der Waals surface area contributed by atoms with E-state index in [2.05, 4.69) is 13.8 Å². The molecule has 0 fully saturated rings. The van der Waals surface area contributed by atoms with Crippen LogP contribution < -0.4 is 0 Å². The smallest absolute Gasteiger partial charge is 0.0431 e. The van der Waals surface area contributed by atoms with Crippen LogP contribution in [-0.4, -0.2) is 11.7 Å². The lowest BCUT2D eigenvalue weighted by atomic mass is 9.96. The molecule has 1 heteroatoms. The van der Waals surface area contributed by atoms with Crippen LogP contribution in [0, 0.1) is 5.92 Å². The van der Waals surface area contributed by atoms with Gasteiger partial charge in [-0.05, 0) is 12.3 Å². The van der Waals surface area contributed by atoms with Crippen LogP contribution >= 0.6 is 0 Å². The first-order valence-electron chi connectivity index (χ1n) is 9.42. The fourth-order valence-electron chi connectivity index (χ4n) is 2.91. The van der Waals surface area contributed by atoms with Gasteiger partial charge in [-0.1, -0.05) is 104 Å². The van der Waals surface area contributed by atoms with E-state index in [9.17, 15) is 0 Å². The average Bonchev–Trinajstić information content (AvgIpc) is 2.45. The molecule has 122 valence electrons. The molecule has 0 saturated carbocycles. The molecule has 0 amide bonds. The Morgan fingerprint density at radius 3 is 1.45 bits per heavy atom. The van der Waals surface area contributed by atoms with Gasteiger partial charge in [0.25, 0.3) is 0 Å². The lowest BCUT2D eigenvalue weighted by molar-refractivity contribution is 0.282. The monoisotopic (exact) mass is 284 g/mol. The van der Waals surface area contributed by atoms with Crippen LogP contribution in [-0.2, 0) is 0 Å². The number of hydrogen-bond donors (Lipinski definition) is 1. The molecule has 0 bridgehead atoms. The molecule has 0 heterocycles. The Morgan fingerprint density at radius 1 is 0.600 bits per heavy atom. The second-order valence-electron chi connectivity index (χ2n) is 6.65. The molecule has 0 aromatic heterocycles. The van der Waals surface area contributed by atoms with Crippen LogP contribution in [0.1, 0.15) is 110 Å². The quantitative estimate of drug-likeness (QED) is 0.321. The Labute approximate surface area is 128 Å². The predicted molar refractivity (Wildman–Crippen MR) is 91.2 cm³/mol. The first-order valence-corrected chi connectivity index (χ1v) is 9.42. The van der Waals surface area contributed by atoms with Crippen LogP contribution in [0.15, 0.2) is 0 Å². The van der Waals surface area contributed by atoms with Crippen molar-refractivity contribution < 1.29 is 5.11 Å². The van der Waals surface area contributed by atoms with Crippen molar-refractivity contribution in [2.45, 2.75) is 110 Å². The third-order valence-electron chi connectivity index (χ3n) is 4.41. The average molecular weight is 285 g/mol. The lowest BCUT2D eigenvalue weighted by Crippen LogP contribution is -1.95. The topological polar surface area (TPSA) is 20.2 Å². The van der Waals surface area contributed by atoms with Gasteiger partial charge < -0.3 is 5.11 Å². The second kappa shape index (κ2) is 17.0. The zero-order valence-electron chi connectivity index (χ0n) is 14.3. The normalized spacial score (nSPS) is 12.8. The van der Waals surface area contributed by atoms with Crippen molar-refractivity contribution in [1.29, 1.82) is 0 Å². The summed E-state index contributed by atoms with van der Waals surface area (Å²) < 4.78 is 0. The lowest BCUT2D eigenvalue weighted by Gasteiger charge is -2.11. The van der Waals surface area contributed by atoms with Gasteiger partial charge >= 0.3 is 0 Å². The molecular weight excluding hydrogens is 244 g/mol. The fraction of sp³-hybridized carbons (Fsp3) is 1.00. The summed E-state index contributed by atoms with van der Waals surface area (Å²) in [6.07, 6.45) is 20.6. The molecule has 20 heavy (non-hydrogen) atoms. The molecule has 0 rings (SSSR count). The van der Waals surface area contributed by atoms with Crippen molar-refractivity contribution in [3.8, 4) is 0 Å². The summed E-state index contributed by atoms with van der Waals surface area (Å²) in [5.41, 5.74) is 0. The summed E-state index contributed by atoms with van der Waals surface area (Å²) in [4.78, 5) is 0. The zero-order valence-corrected chi connectivity index (χ0v) is 14.3. The highest BCUT2D eigenvalue weighted by Crippen LogP contribution is 2.18. The van der Waals surface area contributed by atoms with Gasteiger partial charge in [0.05, 0.1) is 0 Å². The summed E-state index contributed by atoms with van der Waals surface area (Å²) in [5.74, 6) is 0.946. The number of hydrogen-bond acceptors (Lipinski definition) is 1. The molecule has 1 nitrogen and oxygen atoms in total. The minimum Gasteiger partial charge on any atom is -0.396 e. The Kier molecular flexibility index (Phi) is 17.0. The summed E-state index contributed by atoms with van der Waals surface area (Å²) in [7, 11) is 0. The number of rotatable bonds is 16. The SMILES string of the molecule is CCCCCCCC(C)CCCCCCCCCCO. The molecule has 0 aliphatic heterocycles. The largest absolute Gasteiger partial charge is 0.396 e. The van der Waals surface area contributed by atoms with E-state index >= 15 is 0 Å². The van der Waals surface area contributed by atoms with Gasteiger partial charge in [0.2, 0.25) is 0 Å². The van der Waals surface area contributed by atoms with E-state index < -0.39 is 0 Å². The van der Waals surface area contributed by atoms with Gasteiger partial charge in [-0.15, -0.1) is 0 Å². The minimum absolute atomic E-state index is 0.371. The van der Waals surface area contributed by atoms with Gasteiger partial charge in [-0.25, -0.2) is 0 Å². The number of aliphatic hydroxyl groups is 1. The minimum atomic E-state index is 0.371. The molecule has 0 spiro atoms. The molecule has 0 saturated heterocycles. The molecule has 0 aliphatic rings. The van der Waals surface area contributed by atoms with E-state index in [1.807, 2.05) is 0 Å². The van der Waals surface area contributed by atoms with Gasteiger partial charge in [0.15, 0.2) is 0 Å². The first kappa shape index (κ1) is 20.0. The van der Waals surface area contributed by atoms with E-state index in [1.54, 1.807) is 0 Å². The van der Waals surface area contributed by atoms with Gasteiger partial charge in [0, 0.05) is 6.61 Å². The summed E-state index contributed by atoms with van der Waals surface area (Å²) in [6, 6.07) is 0. The molecule has 1 N–H and O–H groups in total. The van der Waals surface area contributed by atoms with E-state index in [0.29, 0.717) is 6.61 Å². The maximum Gasteiger partial charge on any atom is 0.0431 e. The van der Waals surface area contributed by atoms with Crippen LogP contribution in [0.25, 0.3) is 0 Å². The van der Waals surface area contributed by atoms with Gasteiger partial charge in [0.1, 0.15) is 0 Å². The van der Waals surface area contributed by atoms with Gasteiger partial charge in [-0.3, -0.25) is 0 Å². The van der Waals surface area contributed by atoms with Gasteiger partial charge in [-0.2, -0.15) is 0 Å². The van der Waals surface area contributed by atoms with E-state index in [1.165, 1.54) is 89.9 Å². The van der Waals surface area contributed by atoms with Crippen molar-refractivity contribution in [2.24, 2.45) is 5.92 Å². The summed E-state index contributed by atoms with van der Waals surface area (Å²) in [6.45, 7) is 5.10. The molecule has 1 unspecified atom stereocenters. The number of unbranched alkanes of at least 4 members (excludes halogenated alkanes) is 11. The van der Waals surface area contributed by atoms with Crippen molar-refractivity contribution >= 4 is 0 Å². The fourth-order valence-corrected chi connectivity index (χ4v) is 2.91. The molecule has 1 atom stereocenters. The zero-order chi connectivity index (χ0) is 14.9. The summed E-state index contributed by atoms with van der Waals surface area (Å²) >= 11 is 0. The van der Waals surface area contributed by atoms with Crippen LogP contribution in [0.5, 0.6) is 0 Å². The highest BCUT2D eigenvalue weighted by Gasteiger charge is 2.01. The molecule has 0 aromatic rings. The molecule has 0 aliphatic carbocycles. The van der Waals surface area contributed by atoms with Crippen LogP contribution in [0.4, 0.5) is 0 Å². The molecule has 0 radical (unpaired) electrons. The highest BCUT2D eigenvalue weighted by molar-refractivity contribution is 4.55. The third-order valence-corrected chi connectivity index (χ3v) is 4.41. The van der Waals surface area contributed by atoms with Crippen LogP contribution in [0.3, 0.4) is 0 Å². The predicted octanol–water partition coefficient (Wildman–Crippen LogP) is 6.49. The summed E-state index contributed by atoms with van der Waals surface area (Å²) in [5, 5.41) is 8.69. The Hall–Kier alpha value is -0.0400. The Balaban J connectivity index is 3.09. The maximum atomic E-state index is 8.69. The maximum absolute atomic E-state index is 8.69. The first-order chi connectivity index (χ1) is 9.81. The third kappa shape index (κ3) is 16.0. The van der Waals surface area contributed by atoms with E-state index in [-0.39, 0.29) is 0 Å². The molecule has 0 aromatic carbocycles.